The van der Waals surface area contributed by atoms with Gasteiger partial charge in [-0.25, -0.2) is 9.97 Å². The van der Waals surface area contributed by atoms with Crippen LogP contribution in [0, 0.1) is 25.7 Å². The van der Waals surface area contributed by atoms with Crippen molar-refractivity contribution in [1.29, 1.82) is 0 Å². The van der Waals surface area contributed by atoms with Crippen LogP contribution in [0.3, 0.4) is 0 Å². The number of amides is 1. The Balaban J connectivity index is 1.64. The lowest BCUT2D eigenvalue weighted by Crippen LogP contribution is -2.41. The van der Waals surface area contributed by atoms with E-state index in [1.807, 2.05) is 0 Å². The minimum atomic E-state index is 0.131. The predicted octanol–water partition coefficient (Wildman–Crippen LogP) is 3.69. The van der Waals surface area contributed by atoms with Crippen molar-refractivity contribution < 1.29 is 4.79 Å². The van der Waals surface area contributed by atoms with Gasteiger partial charge in [0.15, 0.2) is 0 Å². The number of aromatic nitrogens is 2. The first-order valence-corrected chi connectivity index (χ1v) is 10.0. The van der Waals surface area contributed by atoms with Crippen molar-refractivity contribution in [2.45, 2.75) is 47.0 Å². The van der Waals surface area contributed by atoms with Crippen molar-refractivity contribution in [2.24, 2.45) is 11.8 Å². The predicted molar refractivity (Wildman–Crippen MR) is 104 cm³/mol. The van der Waals surface area contributed by atoms with Crippen LogP contribution >= 0.6 is 11.3 Å². The third-order valence-electron chi connectivity index (χ3n) is 5.13. The number of nitrogens with zero attached hydrogens (tertiary/aromatic N) is 3. The zero-order chi connectivity index (χ0) is 18.0. The van der Waals surface area contributed by atoms with Crippen LogP contribution in [0.5, 0.6) is 0 Å². The maximum atomic E-state index is 12.3. The molecule has 0 bridgehead atoms. The van der Waals surface area contributed by atoms with E-state index in [-0.39, 0.29) is 11.8 Å². The van der Waals surface area contributed by atoms with E-state index in [0.717, 1.165) is 49.5 Å². The Labute approximate surface area is 153 Å². The molecule has 0 aromatic carbocycles. The van der Waals surface area contributed by atoms with Gasteiger partial charge in [-0.2, -0.15) is 0 Å². The van der Waals surface area contributed by atoms with Gasteiger partial charge in [-0.15, -0.1) is 11.3 Å². The second-order valence-electron chi connectivity index (χ2n) is 7.40. The maximum absolute atomic E-state index is 12.3. The van der Waals surface area contributed by atoms with E-state index in [1.165, 1.54) is 15.8 Å². The zero-order valence-corrected chi connectivity index (χ0v) is 16.4. The molecule has 1 saturated heterocycles. The molecule has 6 heteroatoms. The van der Waals surface area contributed by atoms with Crippen LogP contribution in [0.4, 0.5) is 5.82 Å². The van der Waals surface area contributed by atoms with Crippen molar-refractivity contribution in [1.82, 2.24) is 15.3 Å². The standard InChI is InChI=1S/C19H28N4OS/c1-12(2)5-8-20-18(24)15-6-9-23(10-7-15)17-16-13(3)14(4)25-19(16)22-11-21-17/h11-12,15H,5-10H2,1-4H3,(H,20,24). The van der Waals surface area contributed by atoms with E-state index < -0.39 is 0 Å². The van der Waals surface area contributed by atoms with Gasteiger partial charge in [0.2, 0.25) is 5.91 Å². The van der Waals surface area contributed by atoms with Crippen LogP contribution in [-0.2, 0) is 4.79 Å². The largest absolute Gasteiger partial charge is 0.356 e. The van der Waals surface area contributed by atoms with Crippen LogP contribution < -0.4 is 10.2 Å². The Morgan fingerprint density at radius 3 is 2.72 bits per heavy atom. The summed E-state index contributed by atoms with van der Waals surface area (Å²) < 4.78 is 0. The SMILES string of the molecule is Cc1sc2ncnc(N3CCC(C(=O)NCCC(C)C)CC3)c2c1C. The number of thiophene rings is 1. The van der Waals surface area contributed by atoms with Gasteiger partial charge in [-0.3, -0.25) is 4.79 Å². The van der Waals surface area contributed by atoms with Gasteiger partial charge in [0, 0.05) is 30.4 Å². The minimum Gasteiger partial charge on any atom is -0.356 e. The first-order chi connectivity index (χ1) is 12.0. The van der Waals surface area contributed by atoms with Gasteiger partial charge >= 0.3 is 0 Å². The van der Waals surface area contributed by atoms with Gasteiger partial charge in [-0.1, -0.05) is 13.8 Å². The van der Waals surface area contributed by atoms with E-state index >= 15 is 0 Å². The van der Waals surface area contributed by atoms with Crippen LogP contribution in [0.1, 0.15) is 43.6 Å². The highest BCUT2D eigenvalue weighted by atomic mass is 32.1. The lowest BCUT2D eigenvalue weighted by atomic mass is 9.95. The Kier molecular flexibility index (Phi) is 5.57. The molecule has 0 atom stereocenters. The second kappa shape index (κ2) is 7.68. The molecule has 5 nitrogen and oxygen atoms in total. The number of carbonyl (C=O) groups is 1. The number of aryl methyl sites for hydroxylation is 2. The van der Waals surface area contributed by atoms with E-state index in [0.29, 0.717) is 5.92 Å². The van der Waals surface area contributed by atoms with Gasteiger partial charge in [0.25, 0.3) is 0 Å². The smallest absolute Gasteiger partial charge is 0.223 e. The van der Waals surface area contributed by atoms with E-state index in [2.05, 4.69) is 47.9 Å². The number of hydrogen-bond donors (Lipinski definition) is 1. The molecule has 136 valence electrons. The van der Waals surface area contributed by atoms with Crippen molar-refractivity contribution >= 4 is 33.3 Å². The summed E-state index contributed by atoms with van der Waals surface area (Å²) in [6, 6.07) is 0. The highest BCUT2D eigenvalue weighted by Crippen LogP contribution is 2.35. The number of piperidine rings is 1. The molecule has 2 aromatic rings. The summed E-state index contributed by atoms with van der Waals surface area (Å²) >= 11 is 1.73. The molecule has 1 aliphatic heterocycles. The summed E-state index contributed by atoms with van der Waals surface area (Å²) in [7, 11) is 0. The first-order valence-electron chi connectivity index (χ1n) is 9.20. The van der Waals surface area contributed by atoms with E-state index in [9.17, 15) is 4.79 Å². The number of hydrogen-bond acceptors (Lipinski definition) is 5. The number of anilines is 1. The first kappa shape index (κ1) is 18.1. The molecule has 0 saturated carbocycles. The molecule has 3 heterocycles. The molecule has 1 aliphatic rings. The molecule has 0 aliphatic carbocycles. The molecule has 2 aromatic heterocycles. The molecule has 3 rings (SSSR count). The average Bonchev–Trinajstić information content (AvgIpc) is 2.89. The molecule has 1 fully saturated rings. The topological polar surface area (TPSA) is 58.1 Å². The third-order valence-corrected chi connectivity index (χ3v) is 6.25. The Morgan fingerprint density at radius 2 is 2.04 bits per heavy atom. The normalized spacial score (nSPS) is 16.0. The fraction of sp³-hybridized carbons (Fsp3) is 0.632. The summed E-state index contributed by atoms with van der Waals surface area (Å²) in [4.78, 5) is 26.0. The lowest BCUT2D eigenvalue weighted by molar-refractivity contribution is -0.125. The average molecular weight is 361 g/mol. The zero-order valence-electron chi connectivity index (χ0n) is 15.6. The van der Waals surface area contributed by atoms with E-state index in [1.54, 1.807) is 17.7 Å². The summed E-state index contributed by atoms with van der Waals surface area (Å²) in [6.45, 7) is 11.2. The number of fused-ring (bicyclic) bond motifs is 1. The van der Waals surface area contributed by atoms with Crippen LogP contribution in [0.15, 0.2) is 6.33 Å². The summed E-state index contributed by atoms with van der Waals surface area (Å²) in [5.74, 6) is 2.01. The Hall–Kier alpha value is -1.69. The Bertz CT molecular complexity index is 747. The maximum Gasteiger partial charge on any atom is 0.223 e. The summed E-state index contributed by atoms with van der Waals surface area (Å²) in [5.41, 5.74) is 1.28. The second-order valence-corrected chi connectivity index (χ2v) is 8.60. The summed E-state index contributed by atoms with van der Waals surface area (Å²) in [5, 5.41) is 4.28. The van der Waals surface area contributed by atoms with Crippen molar-refractivity contribution in [2.75, 3.05) is 24.5 Å². The summed E-state index contributed by atoms with van der Waals surface area (Å²) in [6.07, 6.45) is 4.49. The van der Waals surface area contributed by atoms with E-state index in [4.69, 9.17) is 0 Å². The van der Waals surface area contributed by atoms with Crippen LogP contribution in [-0.4, -0.2) is 35.5 Å². The molecule has 1 N–H and O–H groups in total. The van der Waals surface area contributed by atoms with Gasteiger partial charge in [0.1, 0.15) is 17.0 Å². The number of nitrogens with one attached hydrogen (secondary N) is 1. The quantitative estimate of drug-likeness (QED) is 0.883. The molecule has 0 unspecified atom stereocenters. The number of rotatable bonds is 5. The molecular weight excluding hydrogens is 332 g/mol. The van der Waals surface area contributed by atoms with Gasteiger partial charge in [0.05, 0.1) is 5.39 Å². The van der Waals surface area contributed by atoms with Crippen molar-refractivity contribution in [3.8, 4) is 0 Å². The fourth-order valence-corrected chi connectivity index (χ4v) is 4.38. The Morgan fingerprint density at radius 1 is 1.32 bits per heavy atom. The lowest BCUT2D eigenvalue weighted by Gasteiger charge is -2.32. The highest BCUT2D eigenvalue weighted by Gasteiger charge is 2.27. The number of carbonyl (C=O) groups excluding carboxylic acids is 1. The van der Waals surface area contributed by atoms with Crippen LogP contribution in [0.2, 0.25) is 0 Å². The van der Waals surface area contributed by atoms with Gasteiger partial charge in [-0.05, 0) is 44.6 Å². The third kappa shape index (κ3) is 3.94. The molecule has 0 spiro atoms. The monoisotopic (exact) mass is 360 g/mol. The molecule has 25 heavy (non-hydrogen) atoms. The fourth-order valence-electron chi connectivity index (χ4n) is 3.39. The van der Waals surface area contributed by atoms with Crippen molar-refractivity contribution in [3.05, 3.63) is 16.8 Å². The minimum absolute atomic E-state index is 0.131. The molecular formula is C19H28N4OS. The molecule has 1 amide bonds. The van der Waals surface area contributed by atoms with Crippen molar-refractivity contribution in [3.63, 3.8) is 0 Å². The van der Waals surface area contributed by atoms with Crippen LogP contribution in [0.25, 0.3) is 10.2 Å². The van der Waals surface area contributed by atoms with Gasteiger partial charge < -0.3 is 10.2 Å². The highest BCUT2D eigenvalue weighted by molar-refractivity contribution is 7.18. The molecule has 0 radical (unpaired) electrons.